The number of rotatable bonds is 5. The molecule has 0 radical (unpaired) electrons. The van der Waals surface area contributed by atoms with Crippen molar-refractivity contribution in [2.45, 2.75) is 37.8 Å². The number of benzene rings is 1. The van der Waals surface area contributed by atoms with Gasteiger partial charge in [0.25, 0.3) is 5.91 Å². The Morgan fingerprint density at radius 1 is 1.04 bits per heavy atom. The summed E-state index contributed by atoms with van der Waals surface area (Å²) in [7, 11) is 0. The minimum atomic E-state index is -0.0196. The molecule has 7 heteroatoms. The molecule has 3 N–H and O–H groups in total. The Morgan fingerprint density at radius 3 is 2.52 bits per heavy atom. The molecule has 0 saturated heterocycles. The number of hydrogen-bond donors (Lipinski definition) is 3. The predicted molar refractivity (Wildman–Crippen MR) is 94.3 cm³/mol. The number of hydrogen-bond acceptors (Lipinski definition) is 5. The van der Waals surface area contributed by atoms with E-state index in [1.54, 1.807) is 6.33 Å². The van der Waals surface area contributed by atoms with Crippen molar-refractivity contribution in [3.8, 4) is 11.4 Å². The first-order chi connectivity index (χ1) is 12.3. The number of aromatic amines is 1. The van der Waals surface area contributed by atoms with Gasteiger partial charge < -0.3 is 15.6 Å². The Bertz CT molecular complexity index is 940. The summed E-state index contributed by atoms with van der Waals surface area (Å²) in [6, 6.07) is 8.25. The monoisotopic (exact) mass is 334 g/mol. The fourth-order valence-electron chi connectivity index (χ4n) is 2.75. The molecule has 1 amide bonds. The lowest BCUT2D eigenvalue weighted by Gasteiger charge is -2.08. The van der Waals surface area contributed by atoms with Crippen LogP contribution in [0.1, 0.15) is 36.0 Å². The SMILES string of the molecule is O=C(NC1CC1)c1ccc(-c2nc(NC3CC3)c3[nH]cnc3n2)cc1. The Labute approximate surface area is 144 Å². The van der Waals surface area contributed by atoms with Gasteiger partial charge in [-0.2, -0.15) is 0 Å². The molecule has 126 valence electrons. The third-order valence-electron chi connectivity index (χ3n) is 4.52. The van der Waals surface area contributed by atoms with E-state index < -0.39 is 0 Å². The molecule has 5 rings (SSSR count). The van der Waals surface area contributed by atoms with E-state index in [0.29, 0.717) is 29.1 Å². The second-order valence-electron chi connectivity index (χ2n) is 6.74. The predicted octanol–water partition coefficient (Wildman–Crippen LogP) is 2.49. The van der Waals surface area contributed by atoms with Gasteiger partial charge in [0.05, 0.1) is 6.33 Å². The standard InChI is InChI=1S/C18H18N6O/c25-18(22-13-7-8-13)11-3-1-10(2-4-11)15-23-16-14(19-9-20-16)17(24-15)21-12-5-6-12/h1-4,9,12-13H,5-8H2,(H,22,25)(H2,19,20,21,23,24). The van der Waals surface area contributed by atoms with Crippen molar-refractivity contribution in [1.82, 2.24) is 25.3 Å². The average Bonchev–Trinajstić information content (AvgIpc) is 3.55. The van der Waals surface area contributed by atoms with Crippen LogP contribution in [0.5, 0.6) is 0 Å². The first kappa shape index (κ1) is 14.4. The molecule has 0 spiro atoms. The highest BCUT2D eigenvalue weighted by Gasteiger charge is 2.24. The van der Waals surface area contributed by atoms with Crippen LogP contribution in [0, 0.1) is 0 Å². The van der Waals surface area contributed by atoms with Crippen LogP contribution in [-0.4, -0.2) is 37.9 Å². The van der Waals surface area contributed by atoms with Gasteiger partial charge in [-0.1, -0.05) is 12.1 Å². The van der Waals surface area contributed by atoms with Crippen LogP contribution in [0.25, 0.3) is 22.6 Å². The van der Waals surface area contributed by atoms with Crippen molar-refractivity contribution in [2.75, 3.05) is 5.32 Å². The van der Waals surface area contributed by atoms with Gasteiger partial charge in [-0.25, -0.2) is 15.0 Å². The molecular weight excluding hydrogens is 316 g/mol. The summed E-state index contributed by atoms with van der Waals surface area (Å²) in [6.07, 6.45) is 6.13. The fraction of sp³-hybridized carbons (Fsp3) is 0.333. The highest BCUT2D eigenvalue weighted by Crippen LogP contribution is 2.28. The van der Waals surface area contributed by atoms with Gasteiger partial charge in [-0.05, 0) is 37.8 Å². The van der Waals surface area contributed by atoms with Gasteiger partial charge >= 0.3 is 0 Å². The zero-order chi connectivity index (χ0) is 16.8. The normalized spacial score (nSPS) is 16.8. The van der Waals surface area contributed by atoms with E-state index in [2.05, 4.69) is 30.6 Å². The van der Waals surface area contributed by atoms with Crippen LogP contribution in [0.3, 0.4) is 0 Å². The molecule has 2 heterocycles. The number of aromatic nitrogens is 4. The molecule has 1 aromatic carbocycles. The van der Waals surface area contributed by atoms with Gasteiger partial charge in [-0.3, -0.25) is 4.79 Å². The molecule has 2 saturated carbocycles. The average molecular weight is 334 g/mol. The van der Waals surface area contributed by atoms with E-state index in [-0.39, 0.29) is 5.91 Å². The molecule has 25 heavy (non-hydrogen) atoms. The quantitative estimate of drug-likeness (QED) is 0.666. The minimum absolute atomic E-state index is 0.0196. The first-order valence-corrected chi connectivity index (χ1v) is 8.65. The van der Waals surface area contributed by atoms with Crippen molar-refractivity contribution >= 4 is 22.9 Å². The summed E-state index contributed by atoms with van der Waals surface area (Å²) in [5.74, 6) is 1.38. The molecule has 0 unspecified atom stereocenters. The van der Waals surface area contributed by atoms with E-state index in [0.717, 1.165) is 29.7 Å². The Balaban J connectivity index is 1.46. The maximum absolute atomic E-state index is 12.1. The van der Waals surface area contributed by atoms with Gasteiger partial charge in [0.1, 0.15) is 5.52 Å². The number of carbonyl (C=O) groups excluding carboxylic acids is 1. The molecule has 7 nitrogen and oxygen atoms in total. The van der Waals surface area contributed by atoms with Gasteiger partial charge in [-0.15, -0.1) is 0 Å². The van der Waals surface area contributed by atoms with Crippen LogP contribution in [0.4, 0.5) is 5.82 Å². The third-order valence-corrected chi connectivity index (χ3v) is 4.52. The molecule has 0 aliphatic heterocycles. The number of carbonyl (C=O) groups is 1. The van der Waals surface area contributed by atoms with Crippen molar-refractivity contribution in [1.29, 1.82) is 0 Å². The number of imidazole rings is 1. The lowest BCUT2D eigenvalue weighted by Crippen LogP contribution is -2.25. The molecule has 2 aliphatic rings. The molecule has 2 aliphatic carbocycles. The number of H-pyrrole nitrogens is 1. The smallest absolute Gasteiger partial charge is 0.251 e. The topological polar surface area (TPSA) is 95.6 Å². The molecule has 2 aromatic heterocycles. The van der Waals surface area contributed by atoms with E-state index in [9.17, 15) is 4.79 Å². The number of nitrogens with one attached hydrogen (secondary N) is 3. The van der Waals surface area contributed by atoms with Crippen molar-refractivity contribution in [3.05, 3.63) is 36.2 Å². The van der Waals surface area contributed by atoms with E-state index in [4.69, 9.17) is 0 Å². The summed E-state index contributed by atoms with van der Waals surface area (Å²) in [5, 5.41) is 6.42. The van der Waals surface area contributed by atoms with Crippen LogP contribution in [0.15, 0.2) is 30.6 Å². The Morgan fingerprint density at radius 2 is 1.80 bits per heavy atom. The lowest BCUT2D eigenvalue weighted by molar-refractivity contribution is 0.0951. The second kappa shape index (κ2) is 5.54. The third kappa shape index (κ3) is 2.93. The van der Waals surface area contributed by atoms with E-state index in [1.807, 2.05) is 24.3 Å². The van der Waals surface area contributed by atoms with Gasteiger partial charge in [0, 0.05) is 23.2 Å². The molecular formula is C18H18N6O. The van der Waals surface area contributed by atoms with Crippen molar-refractivity contribution < 1.29 is 4.79 Å². The Kier molecular flexibility index (Phi) is 3.19. The molecule has 2 fully saturated rings. The highest BCUT2D eigenvalue weighted by molar-refractivity contribution is 5.95. The van der Waals surface area contributed by atoms with Crippen LogP contribution < -0.4 is 10.6 Å². The van der Waals surface area contributed by atoms with E-state index in [1.165, 1.54) is 12.8 Å². The Hall–Kier alpha value is -2.96. The minimum Gasteiger partial charge on any atom is -0.365 e. The summed E-state index contributed by atoms with van der Waals surface area (Å²) >= 11 is 0. The van der Waals surface area contributed by atoms with Crippen LogP contribution in [-0.2, 0) is 0 Å². The maximum atomic E-state index is 12.1. The zero-order valence-corrected chi connectivity index (χ0v) is 13.6. The molecule has 0 bridgehead atoms. The lowest BCUT2D eigenvalue weighted by atomic mass is 10.1. The van der Waals surface area contributed by atoms with E-state index >= 15 is 0 Å². The maximum Gasteiger partial charge on any atom is 0.251 e. The van der Waals surface area contributed by atoms with Gasteiger partial charge in [0.2, 0.25) is 0 Å². The highest BCUT2D eigenvalue weighted by atomic mass is 16.1. The number of nitrogens with zero attached hydrogens (tertiary/aromatic N) is 3. The fourth-order valence-corrected chi connectivity index (χ4v) is 2.75. The van der Waals surface area contributed by atoms with Gasteiger partial charge in [0.15, 0.2) is 17.3 Å². The first-order valence-electron chi connectivity index (χ1n) is 8.65. The summed E-state index contributed by atoms with van der Waals surface area (Å²) < 4.78 is 0. The zero-order valence-electron chi connectivity index (χ0n) is 13.6. The summed E-state index contributed by atoms with van der Waals surface area (Å²) in [5.41, 5.74) is 3.00. The molecule has 0 atom stereocenters. The number of fused-ring (bicyclic) bond motifs is 1. The number of amides is 1. The number of anilines is 1. The molecule has 3 aromatic rings. The van der Waals surface area contributed by atoms with Crippen LogP contribution in [0.2, 0.25) is 0 Å². The summed E-state index contributed by atoms with van der Waals surface area (Å²) in [4.78, 5) is 28.7. The van der Waals surface area contributed by atoms with Crippen molar-refractivity contribution in [3.63, 3.8) is 0 Å². The van der Waals surface area contributed by atoms with Crippen LogP contribution >= 0.6 is 0 Å². The largest absolute Gasteiger partial charge is 0.365 e. The van der Waals surface area contributed by atoms with Crippen molar-refractivity contribution in [2.24, 2.45) is 0 Å². The summed E-state index contributed by atoms with van der Waals surface area (Å²) in [6.45, 7) is 0. The second-order valence-corrected chi connectivity index (χ2v) is 6.74.